The van der Waals surface area contributed by atoms with Crippen LogP contribution in [0.25, 0.3) is 0 Å². The van der Waals surface area contributed by atoms with Crippen molar-refractivity contribution >= 4 is 5.91 Å². The van der Waals surface area contributed by atoms with E-state index in [4.69, 9.17) is 10.5 Å². The van der Waals surface area contributed by atoms with Crippen molar-refractivity contribution in [3.05, 3.63) is 29.3 Å². The molecule has 1 aliphatic rings. The van der Waals surface area contributed by atoms with Gasteiger partial charge in [0.15, 0.2) is 0 Å². The first kappa shape index (κ1) is 13.9. The molecule has 1 aromatic rings. The molecule has 104 valence electrons. The van der Waals surface area contributed by atoms with Crippen LogP contribution in [0.15, 0.2) is 18.2 Å². The minimum absolute atomic E-state index is 0.0125. The molecule has 0 saturated heterocycles. The van der Waals surface area contributed by atoms with Gasteiger partial charge in [0.1, 0.15) is 5.75 Å². The number of nitrogens with two attached hydrogens (primary N) is 1. The normalized spacial score (nSPS) is 14.5. The third-order valence-corrected chi connectivity index (χ3v) is 3.08. The zero-order valence-electron chi connectivity index (χ0n) is 11.7. The molecule has 1 heterocycles. The summed E-state index contributed by atoms with van der Waals surface area (Å²) < 4.78 is 5.57. The summed E-state index contributed by atoms with van der Waals surface area (Å²) in [7, 11) is 0. The molecule has 0 unspecified atom stereocenters. The van der Waals surface area contributed by atoms with Crippen molar-refractivity contribution in [3.63, 3.8) is 0 Å². The van der Waals surface area contributed by atoms with E-state index in [-0.39, 0.29) is 5.91 Å². The van der Waals surface area contributed by atoms with Gasteiger partial charge in [0, 0.05) is 18.5 Å². The van der Waals surface area contributed by atoms with E-state index in [0.717, 1.165) is 30.8 Å². The van der Waals surface area contributed by atoms with Crippen molar-refractivity contribution in [3.8, 4) is 5.75 Å². The van der Waals surface area contributed by atoms with Gasteiger partial charge in [-0.3, -0.25) is 4.79 Å². The molecule has 0 radical (unpaired) electrons. The fourth-order valence-corrected chi connectivity index (χ4v) is 2.20. The molecule has 0 saturated carbocycles. The monoisotopic (exact) mass is 262 g/mol. The lowest BCUT2D eigenvalue weighted by Gasteiger charge is -2.19. The highest BCUT2D eigenvalue weighted by Gasteiger charge is 2.16. The molecule has 1 amide bonds. The van der Waals surface area contributed by atoms with Gasteiger partial charge in [0.2, 0.25) is 5.91 Å². The number of carbonyl (C=O) groups excluding carboxylic acids is 1. The number of ether oxygens (including phenoxy) is 1. The number of carbonyl (C=O) groups is 1. The van der Waals surface area contributed by atoms with Crippen molar-refractivity contribution in [1.82, 2.24) is 5.32 Å². The number of rotatable bonds is 4. The second-order valence-corrected chi connectivity index (χ2v) is 5.84. The number of amides is 1. The van der Waals surface area contributed by atoms with Crippen LogP contribution in [0.1, 0.15) is 37.8 Å². The van der Waals surface area contributed by atoms with Gasteiger partial charge < -0.3 is 15.8 Å². The van der Waals surface area contributed by atoms with E-state index in [0.29, 0.717) is 13.0 Å². The van der Waals surface area contributed by atoms with Crippen molar-refractivity contribution in [2.45, 2.75) is 45.2 Å². The van der Waals surface area contributed by atoms with E-state index >= 15 is 0 Å². The van der Waals surface area contributed by atoms with Crippen LogP contribution >= 0.6 is 0 Å². The fraction of sp³-hybridized carbons (Fsp3) is 0.533. The summed E-state index contributed by atoms with van der Waals surface area (Å²) in [5, 5.41) is 2.90. The van der Waals surface area contributed by atoms with Crippen LogP contribution < -0.4 is 15.8 Å². The Morgan fingerprint density at radius 2 is 2.26 bits per heavy atom. The second-order valence-electron chi connectivity index (χ2n) is 5.84. The predicted molar refractivity (Wildman–Crippen MR) is 75.0 cm³/mol. The molecule has 0 aliphatic carbocycles. The Kier molecular flexibility index (Phi) is 4.10. The summed E-state index contributed by atoms with van der Waals surface area (Å²) in [5.41, 5.74) is 7.69. The van der Waals surface area contributed by atoms with E-state index < -0.39 is 5.54 Å². The molecule has 0 fully saturated rings. The van der Waals surface area contributed by atoms with E-state index in [9.17, 15) is 4.79 Å². The smallest absolute Gasteiger partial charge is 0.222 e. The van der Waals surface area contributed by atoms with E-state index in [1.165, 1.54) is 5.56 Å². The minimum Gasteiger partial charge on any atom is -0.493 e. The van der Waals surface area contributed by atoms with Crippen LogP contribution in [-0.2, 0) is 17.8 Å². The quantitative estimate of drug-likeness (QED) is 0.869. The van der Waals surface area contributed by atoms with Crippen LogP contribution in [0.3, 0.4) is 0 Å². The third-order valence-electron chi connectivity index (χ3n) is 3.08. The van der Waals surface area contributed by atoms with E-state index in [2.05, 4.69) is 11.4 Å². The Morgan fingerprint density at radius 3 is 3.00 bits per heavy atom. The molecule has 0 aromatic heterocycles. The average molecular weight is 262 g/mol. The van der Waals surface area contributed by atoms with E-state index in [1.807, 2.05) is 26.0 Å². The molecule has 19 heavy (non-hydrogen) atoms. The average Bonchev–Trinajstić information content (AvgIpc) is 2.34. The lowest BCUT2D eigenvalue weighted by Crippen LogP contribution is -2.38. The molecule has 0 spiro atoms. The number of hydrogen-bond donors (Lipinski definition) is 2. The highest BCUT2D eigenvalue weighted by atomic mass is 16.5. The number of fused-ring (bicyclic) bond motifs is 1. The first-order chi connectivity index (χ1) is 8.94. The zero-order chi connectivity index (χ0) is 13.9. The maximum atomic E-state index is 11.7. The van der Waals surface area contributed by atoms with Crippen LogP contribution in [0.5, 0.6) is 5.75 Å². The Hall–Kier alpha value is -1.55. The van der Waals surface area contributed by atoms with Crippen LogP contribution in [0, 0.1) is 0 Å². The molecule has 0 bridgehead atoms. The maximum Gasteiger partial charge on any atom is 0.222 e. The summed E-state index contributed by atoms with van der Waals surface area (Å²) in [6.07, 6.45) is 2.44. The van der Waals surface area contributed by atoms with Gasteiger partial charge in [-0.2, -0.15) is 0 Å². The molecular formula is C15H22N2O2. The van der Waals surface area contributed by atoms with Crippen molar-refractivity contribution in [2.75, 3.05) is 6.61 Å². The van der Waals surface area contributed by atoms with Gasteiger partial charge in [-0.1, -0.05) is 12.1 Å². The summed E-state index contributed by atoms with van der Waals surface area (Å²) in [4.78, 5) is 11.7. The number of benzene rings is 1. The summed E-state index contributed by atoms with van der Waals surface area (Å²) in [5.74, 6) is 0.964. The maximum absolute atomic E-state index is 11.7. The predicted octanol–water partition coefficient (Wildman–Crippen LogP) is 1.76. The zero-order valence-corrected chi connectivity index (χ0v) is 11.7. The van der Waals surface area contributed by atoms with Crippen molar-refractivity contribution < 1.29 is 9.53 Å². The first-order valence-corrected chi connectivity index (χ1v) is 6.74. The fourth-order valence-electron chi connectivity index (χ4n) is 2.20. The van der Waals surface area contributed by atoms with Crippen LogP contribution in [0.2, 0.25) is 0 Å². The Morgan fingerprint density at radius 1 is 1.47 bits per heavy atom. The SMILES string of the molecule is CC(C)(N)CC(=O)NCc1ccc2c(c1)CCCO2. The second kappa shape index (κ2) is 5.61. The highest BCUT2D eigenvalue weighted by molar-refractivity contribution is 5.77. The molecule has 2 rings (SSSR count). The van der Waals surface area contributed by atoms with E-state index in [1.54, 1.807) is 0 Å². The number of hydrogen-bond acceptors (Lipinski definition) is 3. The molecule has 0 atom stereocenters. The topological polar surface area (TPSA) is 64.4 Å². The molecule has 1 aromatic carbocycles. The van der Waals surface area contributed by atoms with Crippen LogP contribution in [0.4, 0.5) is 0 Å². The third kappa shape index (κ3) is 4.24. The largest absolute Gasteiger partial charge is 0.493 e. The van der Waals surface area contributed by atoms with Gasteiger partial charge in [0.25, 0.3) is 0 Å². The van der Waals surface area contributed by atoms with Crippen molar-refractivity contribution in [2.24, 2.45) is 5.73 Å². The van der Waals surface area contributed by atoms with Gasteiger partial charge in [-0.05, 0) is 43.9 Å². The summed E-state index contributed by atoms with van der Waals surface area (Å²) in [6.45, 7) is 5.04. The Labute approximate surface area is 114 Å². The number of aryl methyl sites for hydroxylation is 1. The highest BCUT2D eigenvalue weighted by Crippen LogP contribution is 2.25. The Bertz CT molecular complexity index is 464. The lowest BCUT2D eigenvalue weighted by atomic mass is 10.0. The summed E-state index contributed by atoms with van der Waals surface area (Å²) >= 11 is 0. The molecule has 1 aliphatic heterocycles. The molecule has 4 heteroatoms. The standard InChI is InChI=1S/C15H22N2O2/c1-15(2,16)9-14(18)17-10-11-5-6-13-12(8-11)4-3-7-19-13/h5-6,8H,3-4,7,9-10,16H2,1-2H3,(H,17,18). The molecule has 4 nitrogen and oxygen atoms in total. The number of nitrogens with one attached hydrogen (secondary N) is 1. The first-order valence-electron chi connectivity index (χ1n) is 6.74. The molecule has 3 N–H and O–H groups in total. The van der Waals surface area contributed by atoms with Crippen molar-refractivity contribution in [1.29, 1.82) is 0 Å². The Balaban J connectivity index is 1.91. The van der Waals surface area contributed by atoms with Gasteiger partial charge in [-0.15, -0.1) is 0 Å². The minimum atomic E-state index is -0.465. The van der Waals surface area contributed by atoms with Gasteiger partial charge >= 0.3 is 0 Å². The van der Waals surface area contributed by atoms with Crippen LogP contribution in [-0.4, -0.2) is 18.1 Å². The lowest BCUT2D eigenvalue weighted by molar-refractivity contribution is -0.122. The molecular weight excluding hydrogens is 240 g/mol. The van der Waals surface area contributed by atoms with Gasteiger partial charge in [0.05, 0.1) is 6.61 Å². The summed E-state index contributed by atoms with van der Waals surface area (Å²) in [6, 6.07) is 6.10. The van der Waals surface area contributed by atoms with Gasteiger partial charge in [-0.25, -0.2) is 0 Å².